The number of fused-ring (bicyclic) bond motifs is 1. The normalized spacial score (nSPS) is 15.1. The molecule has 4 heteroatoms. The van der Waals surface area contributed by atoms with Crippen LogP contribution in [0.2, 0.25) is 0 Å². The largest absolute Gasteiger partial charge is 0.355 e. The standard InChI is InChI=1S/C15H13FN2O/c16-15(19)14(12-5-3-8-17-10-12)18-9-7-11-4-1-2-6-13(11)18/h1-6,8,10,14H,7,9H2. The van der Waals surface area contributed by atoms with Crippen molar-refractivity contribution in [1.29, 1.82) is 0 Å². The molecule has 0 amide bonds. The number of benzene rings is 1. The molecule has 0 aliphatic carbocycles. The number of pyridine rings is 1. The van der Waals surface area contributed by atoms with Gasteiger partial charge in [-0.15, -0.1) is 0 Å². The molecule has 1 atom stereocenters. The minimum atomic E-state index is -1.34. The van der Waals surface area contributed by atoms with E-state index in [-0.39, 0.29) is 0 Å². The molecule has 0 saturated heterocycles. The van der Waals surface area contributed by atoms with E-state index >= 15 is 0 Å². The van der Waals surface area contributed by atoms with Crippen LogP contribution in [0.4, 0.5) is 10.1 Å². The Morgan fingerprint density at radius 1 is 1.26 bits per heavy atom. The molecule has 3 nitrogen and oxygen atoms in total. The summed E-state index contributed by atoms with van der Waals surface area (Å²) in [5.41, 5.74) is 2.67. The van der Waals surface area contributed by atoms with E-state index in [1.54, 1.807) is 24.5 Å². The quantitative estimate of drug-likeness (QED) is 0.792. The van der Waals surface area contributed by atoms with E-state index in [1.165, 1.54) is 0 Å². The number of hydrogen-bond donors (Lipinski definition) is 0. The Balaban J connectivity index is 2.02. The number of halogens is 1. The second-order valence-corrected chi connectivity index (χ2v) is 4.57. The first-order valence-corrected chi connectivity index (χ1v) is 6.21. The maximum absolute atomic E-state index is 13.5. The minimum absolute atomic E-state index is 0.590. The van der Waals surface area contributed by atoms with Gasteiger partial charge >= 0.3 is 6.04 Å². The summed E-state index contributed by atoms with van der Waals surface area (Å²) in [6.07, 6.45) is 3.99. The van der Waals surface area contributed by atoms with Crippen LogP contribution in [0, 0.1) is 0 Å². The predicted octanol–water partition coefficient (Wildman–Crippen LogP) is 2.68. The lowest BCUT2D eigenvalue weighted by molar-refractivity contribution is -0.130. The topological polar surface area (TPSA) is 33.2 Å². The summed E-state index contributed by atoms with van der Waals surface area (Å²) in [5, 5.41) is 0. The van der Waals surface area contributed by atoms with Gasteiger partial charge in [-0.05, 0) is 24.1 Å². The van der Waals surface area contributed by atoms with Crippen LogP contribution >= 0.6 is 0 Å². The van der Waals surface area contributed by atoms with E-state index < -0.39 is 12.1 Å². The third kappa shape index (κ3) is 2.10. The van der Waals surface area contributed by atoms with Gasteiger partial charge in [0.1, 0.15) is 6.04 Å². The predicted molar refractivity (Wildman–Crippen MR) is 70.6 cm³/mol. The zero-order valence-corrected chi connectivity index (χ0v) is 10.3. The first-order chi connectivity index (χ1) is 9.27. The fraction of sp³-hybridized carbons (Fsp3) is 0.200. The molecule has 0 N–H and O–H groups in total. The lowest BCUT2D eigenvalue weighted by atomic mass is 10.1. The van der Waals surface area contributed by atoms with Gasteiger partial charge in [0, 0.05) is 30.2 Å². The number of para-hydroxylation sites is 1. The van der Waals surface area contributed by atoms with Crippen molar-refractivity contribution in [3.8, 4) is 0 Å². The molecule has 0 fully saturated rings. The summed E-state index contributed by atoms with van der Waals surface area (Å²) in [6, 6.07) is 9.01. The van der Waals surface area contributed by atoms with Crippen LogP contribution in [-0.2, 0) is 11.2 Å². The number of carbonyl (C=O) groups is 1. The van der Waals surface area contributed by atoms with Crippen molar-refractivity contribution in [3.63, 3.8) is 0 Å². The van der Waals surface area contributed by atoms with Gasteiger partial charge in [0.25, 0.3) is 0 Å². The van der Waals surface area contributed by atoms with E-state index in [4.69, 9.17) is 0 Å². The summed E-state index contributed by atoms with van der Waals surface area (Å²) in [6.45, 7) is 0.647. The number of aromatic nitrogens is 1. The average Bonchev–Trinajstić information content (AvgIpc) is 2.84. The summed E-state index contributed by atoms with van der Waals surface area (Å²) in [7, 11) is 0. The number of nitrogens with zero attached hydrogens (tertiary/aromatic N) is 2. The zero-order valence-electron chi connectivity index (χ0n) is 10.3. The number of anilines is 1. The van der Waals surface area contributed by atoms with Crippen molar-refractivity contribution in [2.45, 2.75) is 12.5 Å². The minimum Gasteiger partial charge on any atom is -0.355 e. The van der Waals surface area contributed by atoms with Crippen LogP contribution < -0.4 is 4.90 Å². The van der Waals surface area contributed by atoms with E-state index in [1.807, 2.05) is 29.2 Å². The maximum Gasteiger partial charge on any atom is 0.328 e. The van der Waals surface area contributed by atoms with Crippen LogP contribution in [0.5, 0.6) is 0 Å². The fourth-order valence-corrected chi connectivity index (χ4v) is 2.60. The summed E-state index contributed by atoms with van der Waals surface area (Å²) < 4.78 is 13.5. The molecule has 1 aromatic heterocycles. The lowest BCUT2D eigenvalue weighted by Crippen LogP contribution is -2.31. The Kier molecular flexibility index (Phi) is 2.99. The van der Waals surface area contributed by atoms with Crippen LogP contribution in [0.3, 0.4) is 0 Å². The van der Waals surface area contributed by atoms with Crippen LogP contribution in [0.15, 0.2) is 48.8 Å². The van der Waals surface area contributed by atoms with Crippen molar-refractivity contribution in [3.05, 3.63) is 59.9 Å². The second kappa shape index (κ2) is 4.80. The molecule has 0 saturated carbocycles. The molecule has 1 aliphatic heterocycles. The van der Waals surface area contributed by atoms with E-state index in [9.17, 15) is 9.18 Å². The van der Waals surface area contributed by atoms with Gasteiger partial charge in [0.05, 0.1) is 0 Å². The number of rotatable bonds is 3. The van der Waals surface area contributed by atoms with E-state index in [2.05, 4.69) is 4.98 Å². The molecular weight excluding hydrogens is 243 g/mol. The SMILES string of the molecule is O=C(F)C(c1cccnc1)N1CCc2ccccc21. The molecule has 19 heavy (non-hydrogen) atoms. The van der Waals surface area contributed by atoms with Gasteiger partial charge in [-0.1, -0.05) is 24.3 Å². The first-order valence-electron chi connectivity index (χ1n) is 6.21. The third-order valence-electron chi connectivity index (χ3n) is 3.45. The molecule has 96 valence electrons. The maximum atomic E-state index is 13.5. The Labute approximate surface area is 110 Å². The highest BCUT2D eigenvalue weighted by Gasteiger charge is 2.32. The summed E-state index contributed by atoms with van der Waals surface area (Å²) >= 11 is 0. The highest BCUT2D eigenvalue weighted by Crippen LogP contribution is 2.35. The van der Waals surface area contributed by atoms with Gasteiger partial charge < -0.3 is 4.90 Å². The van der Waals surface area contributed by atoms with Crippen LogP contribution in [-0.4, -0.2) is 17.6 Å². The number of carbonyl (C=O) groups excluding carboxylic acids is 1. The molecule has 0 spiro atoms. The molecular formula is C15H13FN2O. The molecule has 0 bridgehead atoms. The third-order valence-corrected chi connectivity index (χ3v) is 3.45. The molecule has 1 aromatic carbocycles. The van der Waals surface area contributed by atoms with Gasteiger partial charge in [-0.2, -0.15) is 4.39 Å². The van der Waals surface area contributed by atoms with Crippen LogP contribution in [0.1, 0.15) is 17.2 Å². The van der Waals surface area contributed by atoms with Gasteiger partial charge in [-0.3, -0.25) is 9.78 Å². The van der Waals surface area contributed by atoms with Gasteiger partial charge in [0.15, 0.2) is 0 Å². The van der Waals surface area contributed by atoms with E-state index in [0.717, 1.165) is 17.7 Å². The average molecular weight is 256 g/mol. The fourth-order valence-electron chi connectivity index (χ4n) is 2.60. The van der Waals surface area contributed by atoms with Crippen molar-refractivity contribution >= 4 is 11.7 Å². The number of hydrogen-bond acceptors (Lipinski definition) is 3. The Bertz CT molecular complexity index is 600. The highest BCUT2D eigenvalue weighted by atomic mass is 19.1. The van der Waals surface area contributed by atoms with Crippen LogP contribution in [0.25, 0.3) is 0 Å². The highest BCUT2D eigenvalue weighted by molar-refractivity contribution is 5.82. The van der Waals surface area contributed by atoms with Gasteiger partial charge in [-0.25, -0.2) is 0 Å². The van der Waals surface area contributed by atoms with E-state index in [0.29, 0.717) is 12.1 Å². The molecule has 2 heterocycles. The zero-order chi connectivity index (χ0) is 13.2. The van der Waals surface area contributed by atoms with Crippen molar-refractivity contribution in [2.24, 2.45) is 0 Å². The Hall–Kier alpha value is -2.23. The van der Waals surface area contributed by atoms with Crippen molar-refractivity contribution in [1.82, 2.24) is 4.98 Å². The molecule has 0 radical (unpaired) electrons. The molecule has 1 unspecified atom stereocenters. The lowest BCUT2D eigenvalue weighted by Gasteiger charge is -2.26. The summed E-state index contributed by atoms with van der Waals surface area (Å²) in [5.74, 6) is 0. The molecule has 2 aromatic rings. The van der Waals surface area contributed by atoms with Crippen molar-refractivity contribution < 1.29 is 9.18 Å². The smallest absolute Gasteiger partial charge is 0.328 e. The van der Waals surface area contributed by atoms with Gasteiger partial charge in [0.2, 0.25) is 0 Å². The molecule has 3 rings (SSSR count). The van der Waals surface area contributed by atoms with Crippen molar-refractivity contribution in [2.75, 3.05) is 11.4 Å². The second-order valence-electron chi connectivity index (χ2n) is 4.57. The Morgan fingerprint density at radius 3 is 2.84 bits per heavy atom. The monoisotopic (exact) mass is 256 g/mol. The first kappa shape index (κ1) is 11.8. The Morgan fingerprint density at radius 2 is 2.11 bits per heavy atom. The molecule has 1 aliphatic rings. The summed E-state index contributed by atoms with van der Waals surface area (Å²) in [4.78, 5) is 17.2.